The quantitative estimate of drug-likeness (QED) is 0.808. The highest BCUT2D eigenvalue weighted by Crippen LogP contribution is 2.18. The van der Waals surface area contributed by atoms with Gasteiger partial charge in [-0.15, -0.1) is 0 Å². The van der Waals surface area contributed by atoms with E-state index in [9.17, 15) is 0 Å². The maximum Gasteiger partial charge on any atom is 0.121 e. The van der Waals surface area contributed by atoms with Gasteiger partial charge in [0.05, 0.1) is 7.11 Å². The molecule has 0 bridgehead atoms. The fraction of sp³-hybridized carbons (Fsp3) is 0.333. The molecule has 0 aliphatic carbocycles. The molecular weight excluding hydrogens is 246 g/mol. The Labute approximate surface area is 121 Å². The van der Waals surface area contributed by atoms with E-state index in [0.29, 0.717) is 0 Å². The molecule has 0 unspecified atom stereocenters. The van der Waals surface area contributed by atoms with Gasteiger partial charge in [0.1, 0.15) is 5.75 Å². The lowest BCUT2D eigenvalue weighted by Gasteiger charge is -2.09. The molecule has 20 heavy (non-hydrogen) atoms. The number of benzene rings is 2. The normalized spacial score (nSPS) is 10.6. The van der Waals surface area contributed by atoms with Crippen LogP contribution in [0, 0.1) is 13.8 Å². The summed E-state index contributed by atoms with van der Waals surface area (Å²) in [5.74, 6) is 0.952. The lowest BCUT2D eigenvalue weighted by Crippen LogP contribution is -2.16. The standard InChI is InChI=1S/C18H23NO/c1-14-5-4-6-16(11-14)9-10-19-13-17-7-8-18(20-3)15(2)12-17/h4-8,11-12,19H,9-10,13H2,1-3H3. The Morgan fingerprint density at radius 2 is 1.85 bits per heavy atom. The van der Waals surface area contributed by atoms with Gasteiger partial charge >= 0.3 is 0 Å². The number of methoxy groups -OCH3 is 1. The SMILES string of the molecule is COc1ccc(CNCCc2cccc(C)c2)cc1C. The Morgan fingerprint density at radius 3 is 2.55 bits per heavy atom. The van der Waals surface area contributed by atoms with Crippen LogP contribution >= 0.6 is 0 Å². The molecule has 2 nitrogen and oxygen atoms in total. The number of nitrogens with one attached hydrogen (secondary N) is 1. The third kappa shape index (κ3) is 4.10. The number of hydrogen-bond donors (Lipinski definition) is 1. The summed E-state index contributed by atoms with van der Waals surface area (Å²) in [6.45, 7) is 6.11. The second-order valence-electron chi connectivity index (χ2n) is 5.22. The van der Waals surface area contributed by atoms with E-state index in [1.165, 1.54) is 22.3 Å². The highest BCUT2D eigenvalue weighted by atomic mass is 16.5. The van der Waals surface area contributed by atoms with Gasteiger partial charge in [-0.3, -0.25) is 0 Å². The fourth-order valence-corrected chi connectivity index (χ4v) is 2.38. The topological polar surface area (TPSA) is 21.3 Å². The van der Waals surface area contributed by atoms with Crippen LogP contribution in [0.3, 0.4) is 0 Å². The van der Waals surface area contributed by atoms with Crippen LogP contribution in [0.15, 0.2) is 42.5 Å². The predicted molar refractivity (Wildman–Crippen MR) is 84.3 cm³/mol. The van der Waals surface area contributed by atoms with Gasteiger partial charge in [-0.05, 0) is 49.6 Å². The van der Waals surface area contributed by atoms with Gasteiger partial charge < -0.3 is 10.1 Å². The molecule has 0 saturated carbocycles. The van der Waals surface area contributed by atoms with Crippen molar-refractivity contribution in [1.29, 1.82) is 0 Å². The summed E-state index contributed by atoms with van der Waals surface area (Å²) in [6.07, 6.45) is 1.07. The molecular formula is C18H23NO. The molecule has 0 aromatic heterocycles. The minimum absolute atomic E-state index is 0.899. The minimum Gasteiger partial charge on any atom is -0.496 e. The number of ether oxygens (including phenoxy) is 1. The largest absolute Gasteiger partial charge is 0.496 e. The van der Waals surface area contributed by atoms with Gasteiger partial charge in [0.25, 0.3) is 0 Å². The van der Waals surface area contributed by atoms with Crippen LogP contribution in [0.4, 0.5) is 0 Å². The predicted octanol–water partition coefficient (Wildman–Crippen LogP) is 3.64. The first-order valence-electron chi connectivity index (χ1n) is 7.09. The zero-order chi connectivity index (χ0) is 14.4. The van der Waals surface area contributed by atoms with E-state index in [-0.39, 0.29) is 0 Å². The van der Waals surface area contributed by atoms with Crippen molar-refractivity contribution in [3.05, 3.63) is 64.7 Å². The van der Waals surface area contributed by atoms with E-state index in [1.807, 2.05) is 6.07 Å². The lowest BCUT2D eigenvalue weighted by molar-refractivity contribution is 0.411. The van der Waals surface area contributed by atoms with Crippen LogP contribution in [0.25, 0.3) is 0 Å². The average molecular weight is 269 g/mol. The second kappa shape index (κ2) is 7.11. The fourth-order valence-electron chi connectivity index (χ4n) is 2.38. The molecule has 2 rings (SSSR count). The Hall–Kier alpha value is -1.80. The first-order valence-corrected chi connectivity index (χ1v) is 7.09. The Bertz CT molecular complexity index is 563. The van der Waals surface area contributed by atoms with E-state index < -0.39 is 0 Å². The molecule has 0 aliphatic rings. The second-order valence-corrected chi connectivity index (χ2v) is 5.22. The lowest BCUT2D eigenvalue weighted by atomic mass is 10.1. The smallest absolute Gasteiger partial charge is 0.121 e. The molecule has 0 saturated heterocycles. The summed E-state index contributed by atoms with van der Waals surface area (Å²) >= 11 is 0. The molecule has 2 aromatic carbocycles. The summed E-state index contributed by atoms with van der Waals surface area (Å²) < 4.78 is 5.27. The highest BCUT2D eigenvalue weighted by Gasteiger charge is 2.00. The molecule has 2 heteroatoms. The van der Waals surface area contributed by atoms with Crippen molar-refractivity contribution in [2.75, 3.05) is 13.7 Å². The van der Waals surface area contributed by atoms with Gasteiger partial charge in [0.2, 0.25) is 0 Å². The van der Waals surface area contributed by atoms with Crippen molar-refractivity contribution in [3.63, 3.8) is 0 Å². The Balaban J connectivity index is 1.80. The molecule has 0 amide bonds. The summed E-state index contributed by atoms with van der Waals surface area (Å²) in [5, 5.41) is 3.49. The van der Waals surface area contributed by atoms with Crippen LogP contribution in [0.5, 0.6) is 5.75 Å². The van der Waals surface area contributed by atoms with Crippen LogP contribution in [-0.4, -0.2) is 13.7 Å². The van der Waals surface area contributed by atoms with Gasteiger partial charge in [-0.2, -0.15) is 0 Å². The van der Waals surface area contributed by atoms with Gasteiger partial charge in [0, 0.05) is 6.54 Å². The minimum atomic E-state index is 0.899. The van der Waals surface area contributed by atoms with Crippen LogP contribution in [0.1, 0.15) is 22.3 Å². The van der Waals surface area contributed by atoms with Crippen LogP contribution < -0.4 is 10.1 Å². The molecule has 0 spiro atoms. The van der Waals surface area contributed by atoms with E-state index >= 15 is 0 Å². The summed E-state index contributed by atoms with van der Waals surface area (Å²) in [4.78, 5) is 0. The van der Waals surface area contributed by atoms with Gasteiger partial charge in [0.15, 0.2) is 0 Å². The van der Waals surface area contributed by atoms with E-state index in [1.54, 1.807) is 7.11 Å². The monoisotopic (exact) mass is 269 g/mol. The first-order chi connectivity index (χ1) is 9.69. The van der Waals surface area contributed by atoms with Crippen molar-refractivity contribution in [1.82, 2.24) is 5.32 Å². The van der Waals surface area contributed by atoms with Crippen molar-refractivity contribution < 1.29 is 4.74 Å². The molecule has 106 valence electrons. The van der Waals surface area contributed by atoms with Crippen molar-refractivity contribution >= 4 is 0 Å². The molecule has 0 fully saturated rings. The highest BCUT2D eigenvalue weighted by molar-refractivity contribution is 5.36. The summed E-state index contributed by atoms with van der Waals surface area (Å²) in [5.41, 5.74) is 5.20. The zero-order valence-electron chi connectivity index (χ0n) is 12.6. The number of aryl methyl sites for hydroxylation is 2. The third-order valence-corrected chi connectivity index (χ3v) is 3.46. The Kier molecular flexibility index (Phi) is 5.19. The van der Waals surface area contributed by atoms with Crippen molar-refractivity contribution in [2.45, 2.75) is 26.8 Å². The first kappa shape index (κ1) is 14.6. The van der Waals surface area contributed by atoms with E-state index in [0.717, 1.165) is 25.3 Å². The molecule has 0 atom stereocenters. The van der Waals surface area contributed by atoms with E-state index in [2.05, 4.69) is 55.6 Å². The Morgan fingerprint density at radius 1 is 1.00 bits per heavy atom. The molecule has 0 aliphatic heterocycles. The van der Waals surface area contributed by atoms with Gasteiger partial charge in [-0.1, -0.05) is 42.0 Å². The maximum absolute atomic E-state index is 5.27. The average Bonchev–Trinajstić information content (AvgIpc) is 2.44. The maximum atomic E-state index is 5.27. The number of rotatable bonds is 6. The van der Waals surface area contributed by atoms with E-state index in [4.69, 9.17) is 4.74 Å². The van der Waals surface area contributed by atoms with Crippen LogP contribution in [0.2, 0.25) is 0 Å². The zero-order valence-corrected chi connectivity index (χ0v) is 12.6. The molecule has 1 N–H and O–H groups in total. The molecule has 0 heterocycles. The molecule has 2 aromatic rings. The van der Waals surface area contributed by atoms with Crippen molar-refractivity contribution in [3.8, 4) is 5.75 Å². The third-order valence-electron chi connectivity index (χ3n) is 3.46. The van der Waals surface area contributed by atoms with Crippen molar-refractivity contribution in [2.24, 2.45) is 0 Å². The summed E-state index contributed by atoms with van der Waals surface area (Å²) in [6, 6.07) is 15.0. The summed E-state index contributed by atoms with van der Waals surface area (Å²) in [7, 11) is 1.71. The van der Waals surface area contributed by atoms with Gasteiger partial charge in [-0.25, -0.2) is 0 Å². The van der Waals surface area contributed by atoms with Crippen LogP contribution in [-0.2, 0) is 13.0 Å². The molecule has 0 radical (unpaired) electrons. The number of hydrogen-bond acceptors (Lipinski definition) is 2.